The van der Waals surface area contributed by atoms with Crippen molar-refractivity contribution in [2.45, 2.75) is 69.1 Å². The number of anilines is 4. The maximum atomic E-state index is 13.6. The number of carbonyl (C=O) groups is 2. The zero-order chi connectivity index (χ0) is 49.5. The van der Waals surface area contributed by atoms with Gasteiger partial charge in [-0.2, -0.15) is 10.2 Å². The Kier molecular flexibility index (Phi) is 10.9. The fourth-order valence-electron chi connectivity index (χ4n) is 9.37. The van der Waals surface area contributed by atoms with E-state index >= 15 is 0 Å². The van der Waals surface area contributed by atoms with Crippen LogP contribution in [0.2, 0.25) is 0 Å². The summed E-state index contributed by atoms with van der Waals surface area (Å²) in [5.74, 6) is -1.05. The number of benzene rings is 2. The smallest absolute Gasteiger partial charge is 0.258 e. The molecule has 12 rings (SSSR count). The van der Waals surface area contributed by atoms with Crippen molar-refractivity contribution >= 4 is 88.7 Å². The number of hydrogen-bond acceptors (Lipinski definition) is 19. The first-order chi connectivity index (χ1) is 34.9. The number of fused-ring (bicyclic) bond motifs is 4. The van der Waals surface area contributed by atoms with Crippen LogP contribution in [0, 0.1) is 6.92 Å². The lowest BCUT2D eigenvalue weighted by Crippen LogP contribution is -2.39. The first-order valence-corrected chi connectivity index (χ1v) is 23.3. The number of hydrogen-bond donors (Lipinski definition) is 8. The molecule has 0 saturated carbocycles. The minimum atomic E-state index is -1.59. The van der Waals surface area contributed by atoms with Crippen molar-refractivity contribution in [1.82, 2.24) is 58.6 Å². The number of amides is 2. The lowest BCUT2D eigenvalue weighted by molar-refractivity contribution is -0.132. The van der Waals surface area contributed by atoms with Crippen LogP contribution in [0.25, 0.3) is 65.6 Å². The average Bonchev–Trinajstić information content (AvgIpc) is 4.26. The predicted molar refractivity (Wildman–Crippen MR) is 262 cm³/mol. The molecule has 0 radical (unpaired) electrons. The first-order valence-electron chi connectivity index (χ1n) is 22.5. The van der Waals surface area contributed by atoms with Gasteiger partial charge in [-0.1, -0.05) is 29.5 Å². The van der Waals surface area contributed by atoms with Crippen LogP contribution < -0.4 is 22.1 Å². The molecule has 8 atom stereocenters. The van der Waals surface area contributed by atoms with Gasteiger partial charge in [0.2, 0.25) is 0 Å². The van der Waals surface area contributed by atoms with E-state index in [4.69, 9.17) is 31.1 Å². The Balaban J connectivity index is 0.755. The fraction of sp³-hybridized carbons (Fsp3) is 0.234. The quantitative estimate of drug-likeness (QED) is 0.0923. The van der Waals surface area contributed by atoms with Crippen LogP contribution in [0.5, 0.6) is 0 Å². The number of aryl methyl sites for hydroxylation is 3. The van der Waals surface area contributed by atoms with Gasteiger partial charge >= 0.3 is 0 Å². The molecular weight excluding hydrogens is 949 g/mol. The van der Waals surface area contributed by atoms with Crippen LogP contribution >= 0.6 is 11.3 Å². The van der Waals surface area contributed by atoms with Crippen molar-refractivity contribution in [2.75, 3.05) is 22.1 Å². The van der Waals surface area contributed by atoms with E-state index in [1.165, 1.54) is 33.1 Å². The molecule has 10 heterocycles. The third kappa shape index (κ3) is 7.62. The molecule has 8 aromatic heterocycles. The summed E-state index contributed by atoms with van der Waals surface area (Å²) < 4.78 is 19.5. The summed E-state index contributed by atoms with van der Waals surface area (Å²) in [5, 5.41) is 62.7. The maximum Gasteiger partial charge on any atom is 0.258 e. The SMILES string of the molecule is Cc1ccc2nc(NC(=O)[C@H]3O[C@@H](n4cc(-c5ccn(CCn6ccc(-c7cn([C@@H]8O[C@H](C(=O)Nc9cccc%10cnccc9%10)[C@@H](O)[C@H]8O)c8ncnc(N)c78)n6)n5)c5c(N)ncnc54)[C@H](O)[C@@H]3O)sc2c1. The van der Waals surface area contributed by atoms with Gasteiger partial charge in [0.1, 0.15) is 60.0 Å². The van der Waals surface area contributed by atoms with Gasteiger partial charge in [-0.25, -0.2) is 24.9 Å². The largest absolute Gasteiger partial charge is 0.387 e. The minimum Gasteiger partial charge on any atom is -0.387 e. The second-order valence-corrected chi connectivity index (χ2v) is 18.5. The molecule has 2 amide bonds. The summed E-state index contributed by atoms with van der Waals surface area (Å²) in [6.45, 7) is 2.68. The van der Waals surface area contributed by atoms with E-state index in [1.54, 1.807) is 76.9 Å². The number of nitrogens with two attached hydrogens (primary N) is 2. The number of pyridine rings is 1. The van der Waals surface area contributed by atoms with Crippen molar-refractivity contribution in [2.24, 2.45) is 0 Å². The molecule has 2 aromatic carbocycles. The Labute approximate surface area is 409 Å². The normalized spacial score (nSPS) is 22.2. The fourth-order valence-corrected chi connectivity index (χ4v) is 10.3. The topological polar surface area (TPSA) is 332 Å². The highest BCUT2D eigenvalue weighted by atomic mass is 32.1. The van der Waals surface area contributed by atoms with Gasteiger partial charge < -0.3 is 55.8 Å². The van der Waals surface area contributed by atoms with Crippen LogP contribution in [-0.4, -0.2) is 127 Å². The number of thiazole rings is 1. The van der Waals surface area contributed by atoms with E-state index in [0.29, 0.717) is 62.7 Å². The second kappa shape index (κ2) is 17.5. The number of aliphatic hydroxyl groups is 4. The lowest BCUT2D eigenvalue weighted by Gasteiger charge is -2.17. The Morgan fingerprint density at radius 1 is 0.722 bits per heavy atom. The highest BCUT2D eigenvalue weighted by Crippen LogP contribution is 2.41. The van der Waals surface area contributed by atoms with Gasteiger partial charge in [0.15, 0.2) is 29.8 Å². The van der Waals surface area contributed by atoms with E-state index in [9.17, 15) is 30.0 Å². The third-order valence-corrected chi connectivity index (χ3v) is 13.9. The first kappa shape index (κ1) is 44.9. The van der Waals surface area contributed by atoms with Crippen LogP contribution in [0.4, 0.5) is 22.5 Å². The zero-order valence-electron chi connectivity index (χ0n) is 37.7. The highest BCUT2D eigenvalue weighted by molar-refractivity contribution is 7.22. The second-order valence-electron chi connectivity index (χ2n) is 17.5. The summed E-state index contributed by atoms with van der Waals surface area (Å²) in [6.07, 6.45) is 1.05. The summed E-state index contributed by atoms with van der Waals surface area (Å²) in [6, 6.07) is 16.4. The molecule has 24 nitrogen and oxygen atoms in total. The van der Waals surface area contributed by atoms with Gasteiger partial charge in [0.05, 0.1) is 45.5 Å². The zero-order valence-corrected chi connectivity index (χ0v) is 38.5. The van der Waals surface area contributed by atoms with Crippen molar-refractivity contribution in [1.29, 1.82) is 0 Å². The molecule has 2 aliphatic heterocycles. The summed E-state index contributed by atoms with van der Waals surface area (Å²) >= 11 is 1.28. The molecule has 25 heteroatoms. The maximum absolute atomic E-state index is 13.6. The number of nitrogens with one attached hydrogen (secondary N) is 2. The minimum absolute atomic E-state index is 0.138. The molecular formula is C47H42N16O8S. The Hall–Kier alpha value is -8.30. The molecule has 10 aromatic rings. The lowest BCUT2D eigenvalue weighted by atomic mass is 10.1. The third-order valence-electron chi connectivity index (χ3n) is 12.9. The Morgan fingerprint density at radius 2 is 1.31 bits per heavy atom. The molecule has 0 aliphatic carbocycles. The molecule has 10 N–H and O–H groups in total. The van der Waals surface area contributed by atoms with Crippen LogP contribution in [0.3, 0.4) is 0 Å². The van der Waals surface area contributed by atoms with Gasteiger partial charge in [-0.05, 0) is 48.9 Å². The van der Waals surface area contributed by atoms with Gasteiger partial charge in [-0.15, -0.1) is 0 Å². The number of nitrogen functional groups attached to an aromatic ring is 2. The van der Waals surface area contributed by atoms with Gasteiger partial charge in [0, 0.05) is 64.8 Å². The standard InChI is InChI=1S/C47H42N16O8S/c1-21-5-6-29-30(15-21)72-47(56-29)57-44(69)38-34(65)36(67)46(71-38)63-18-25(32-40(49)52-20-54-42(32)63)28-9-12-61(59-28)14-13-60-11-8-27(58-60)24-17-62(41-31(24)39(48)51-19-53-41)45-35(66)33(64)37(70-45)43(68)55-26-4-2-3-22-16-50-10-7-23(22)26/h2-12,15-20,33-38,45-46,64-67H,13-14H2,1H3,(H,55,68)(H2,48,51,53)(H2,49,52,54)(H,56,57,69)/t33-,34-,35+,36+,37-,38-,45+,46+/m0/s1. The number of aliphatic hydroxyl groups excluding tert-OH is 4. The molecule has 2 fully saturated rings. The molecule has 72 heavy (non-hydrogen) atoms. The highest BCUT2D eigenvalue weighted by Gasteiger charge is 2.49. The van der Waals surface area contributed by atoms with Crippen molar-refractivity contribution in [3.05, 3.63) is 110 Å². The average molecular weight is 991 g/mol. The van der Waals surface area contributed by atoms with Gasteiger partial charge in [-0.3, -0.25) is 29.3 Å². The summed E-state index contributed by atoms with van der Waals surface area (Å²) in [5.41, 5.74) is 17.7. The molecule has 0 spiro atoms. The van der Waals surface area contributed by atoms with Gasteiger partial charge in [0.25, 0.3) is 11.8 Å². The Bertz CT molecular complexity index is 3750. The van der Waals surface area contributed by atoms with E-state index in [2.05, 4.69) is 40.5 Å². The summed E-state index contributed by atoms with van der Waals surface area (Å²) in [4.78, 5) is 52.9. The number of nitrogens with zero attached hydrogens (tertiary/aromatic N) is 12. The molecule has 0 bridgehead atoms. The molecule has 2 saturated heterocycles. The molecule has 364 valence electrons. The Morgan fingerprint density at radius 3 is 1.90 bits per heavy atom. The van der Waals surface area contributed by atoms with Crippen LogP contribution in [0.15, 0.2) is 104 Å². The van der Waals surface area contributed by atoms with Crippen molar-refractivity contribution in [3.63, 3.8) is 0 Å². The van der Waals surface area contributed by atoms with E-state index in [0.717, 1.165) is 21.0 Å². The van der Waals surface area contributed by atoms with Crippen molar-refractivity contribution in [3.8, 4) is 22.5 Å². The van der Waals surface area contributed by atoms with E-state index < -0.39 is 60.9 Å². The number of ether oxygens (including phenoxy) is 2. The van der Waals surface area contributed by atoms with Crippen LogP contribution in [0.1, 0.15) is 18.0 Å². The van der Waals surface area contributed by atoms with E-state index in [1.807, 2.05) is 31.2 Å². The van der Waals surface area contributed by atoms with Crippen LogP contribution in [-0.2, 0) is 32.2 Å². The summed E-state index contributed by atoms with van der Waals surface area (Å²) in [7, 11) is 0. The number of rotatable bonds is 11. The molecule has 2 aliphatic rings. The number of aromatic nitrogens is 12. The number of carbonyl (C=O) groups excluding carboxylic acids is 2. The van der Waals surface area contributed by atoms with Crippen molar-refractivity contribution < 1.29 is 39.5 Å². The monoisotopic (exact) mass is 990 g/mol. The van der Waals surface area contributed by atoms with E-state index in [-0.39, 0.29) is 22.9 Å². The predicted octanol–water partition coefficient (Wildman–Crippen LogP) is 2.75. The molecule has 0 unspecified atom stereocenters.